The number of aromatic carboxylic acids is 2. The van der Waals surface area contributed by atoms with Gasteiger partial charge in [-0.15, -0.1) is 0 Å². The minimum absolute atomic E-state index is 0.0505. The van der Waals surface area contributed by atoms with Crippen LogP contribution in [0.3, 0.4) is 0 Å². The standard InChI is InChI=1S/C10H11NO6/c1-4-7(9(14)15)5(2-3-6(12)13)11-8(4)10(16)17/h11H,2-3H2,1H3,(H,12,13)(H,14,15)(H,16,17). The fourth-order valence-electron chi connectivity index (χ4n) is 1.58. The van der Waals surface area contributed by atoms with Gasteiger partial charge >= 0.3 is 17.9 Å². The maximum atomic E-state index is 11.0. The molecule has 0 bridgehead atoms. The summed E-state index contributed by atoms with van der Waals surface area (Å²) in [5.41, 5.74) is -0.161. The number of aryl methyl sites for hydroxylation is 1. The van der Waals surface area contributed by atoms with Crippen LogP contribution >= 0.6 is 0 Å². The van der Waals surface area contributed by atoms with E-state index in [4.69, 9.17) is 15.3 Å². The Kier molecular flexibility index (Phi) is 3.52. The zero-order valence-corrected chi connectivity index (χ0v) is 8.98. The first-order chi connectivity index (χ1) is 7.84. The van der Waals surface area contributed by atoms with E-state index in [0.29, 0.717) is 0 Å². The Bertz CT molecular complexity index is 487. The van der Waals surface area contributed by atoms with Crippen LogP contribution in [-0.4, -0.2) is 38.2 Å². The van der Waals surface area contributed by atoms with E-state index in [1.165, 1.54) is 6.92 Å². The average molecular weight is 241 g/mol. The number of rotatable bonds is 5. The minimum Gasteiger partial charge on any atom is -0.481 e. The molecule has 0 fully saturated rings. The number of carboxylic acids is 3. The summed E-state index contributed by atoms with van der Waals surface area (Å²) >= 11 is 0. The second-order valence-corrected chi connectivity index (χ2v) is 3.48. The lowest BCUT2D eigenvalue weighted by molar-refractivity contribution is -0.137. The summed E-state index contributed by atoms with van der Waals surface area (Å²) in [4.78, 5) is 34.6. The van der Waals surface area contributed by atoms with Crippen LogP contribution in [0.2, 0.25) is 0 Å². The van der Waals surface area contributed by atoms with Crippen molar-refractivity contribution in [2.75, 3.05) is 0 Å². The van der Waals surface area contributed by atoms with Crippen LogP contribution in [0.25, 0.3) is 0 Å². The Morgan fingerprint density at radius 3 is 2.12 bits per heavy atom. The maximum Gasteiger partial charge on any atom is 0.352 e. The third kappa shape index (κ3) is 2.63. The minimum atomic E-state index is -1.27. The third-order valence-electron chi connectivity index (χ3n) is 2.34. The van der Waals surface area contributed by atoms with Crippen molar-refractivity contribution in [1.29, 1.82) is 0 Å². The quantitative estimate of drug-likeness (QED) is 0.601. The normalized spacial score (nSPS) is 10.2. The van der Waals surface area contributed by atoms with Crippen molar-refractivity contribution in [2.45, 2.75) is 19.8 Å². The molecule has 0 saturated heterocycles. The molecule has 92 valence electrons. The molecule has 0 saturated carbocycles. The number of hydrogen-bond acceptors (Lipinski definition) is 3. The van der Waals surface area contributed by atoms with Gasteiger partial charge in [-0.2, -0.15) is 0 Å². The number of aliphatic carboxylic acids is 1. The second kappa shape index (κ2) is 4.69. The second-order valence-electron chi connectivity index (χ2n) is 3.48. The SMILES string of the molecule is Cc1c(C(=O)O)[nH]c(CCC(=O)O)c1C(=O)O. The Hall–Kier alpha value is -2.31. The molecule has 7 heteroatoms. The van der Waals surface area contributed by atoms with Gasteiger partial charge in [0, 0.05) is 5.69 Å². The number of H-pyrrole nitrogens is 1. The molecule has 0 aliphatic rings. The number of aromatic amines is 1. The summed E-state index contributed by atoms with van der Waals surface area (Å²) in [5, 5.41) is 26.3. The van der Waals surface area contributed by atoms with Gasteiger partial charge in [0.25, 0.3) is 0 Å². The van der Waals surface area contributed by atoms with E-state index in [0.717, 1.165) is 0 Å². The lowest BCUT2D eigenvalue weighted by Crippen LogP contribution is -2.04. The topological polar surface area (TPSA) is 128 Å². The molecular formula is C10H11NO6. The Balaban J connectivity index is 3.19. The zero-order valence-electron chi connectivity index (χ0n) is 8.98. The van der Waals surface area contributed by atoms with Gasteiger partial charge in [-0.3, -0.25) is 4.79 Å². The molecule has 0 amide bonds. The number of carboxylic acid groups (broad SMARTS) is 3. The molecular weight excluding hydrogens is 230 g/mol. The van der Waals surface area contributed by atoms with Gasteiger partial charge in [0.05, 0.1) is 12.0 Å². The van der Waals surface area contributed by atoms with Crippen LogP contribution in [0.4, 0.5) is 0 Å². The predicted molar refractivity (Wildman–Crippen MR) is 55.4 cm³/mol. The van der Waals surface area contributed by atoms with E-state index in [1.807, 2.05) is 0 Å². The van der Waals surface area contributed by atoms with Crippen LogP contribution in [-0.2, 0) is 11.2 Å². The molecule has 0 aliphatic heterocycles. The number of hydrogen-bond donors (Lipinski definition) is 4. The molecule has 0 aliphatic carbocycles. The van der Waals surface area contributed by atoms with Crippen molar-refractivity contribution >= 4 is 17.9 Å². The Morgan fingerprint density at radius 1 is 1.12 bits per heavy atom. The highest BCUT2D eigenvalue weighted by molar-refractivity contribution is 5.97. The van der Waals surface area contributed by atoms with Crippen molar-refractivity contribution in [3.8, 4) is 0 Å². The van der Waals surface area contributed by atoms with Gasteiger partial charge in [0.1, 0.15) is 5.69 Å². The monoisotopic (exact) mass is 241 g/mol. The van der Waals surface area contributed by atoms with Crippen molar-refractivity contribution in [2.24, 2.45) is 0 Å². The van der Waals surface area contributed by atoms with E-state index in [-0.39, 0.29) is 35.4 Å². The summed E-state index contributed by atoms with van der Waals surface area (Å²) in [5.74, 6) is -3.62. The molecule has 0 unspecified atom stereocenters. The van der Waals surface area contributed by atoms with E-state index in [2.05, 4.69) is 4.98 Å². The summed E-state index contributed by atoms with van der Waals surface area (Å²) in [7, 11) is 0. The molecule has 0 atom stereocenters. The third-order valence-corrected chi connectivity index (χ3v) is 2.34. The molecule has 0 aromatic carbocycles. The van der Waals surface area contributed by atoms with Crippen LogP contribution in [0.1, 0.15) is 38.5 Å². The highest BCUT2D eigenvalue weighted by atomic mass is 16.4. The van der Waals surface area contributed by atoms with Gasteiger partial charge < -0.3 is 20.3 Å². The highest BCUT2D eigenvalue weighted by Crippen LogP contribution is 2.20. The average Bonchev–Trinajstić information content (AvgIpc) is 2.52. The van der Waals surface area contributed by atoms with Crippen LogP contribution in [0.5, 0.6) is 0 Å². The summed E-state index contributed by atoms with van der Waals surface area (Å²) in [6.45, 7) is 1.37. The van der Waals surface area contributed by atoms with Crippen molar-refractivity contribution in [3.63, 3.8) is 0 Å². The lowest BCUT2D eigenvalue weighted by atomic mass is 10.1. The first-order valence-corrected chi connectivity index (χ1v) is 4.74. The summed E-state index contributed by atoms with van der Waals surface area (Å²) in [6, 6.07) is 0. The summed E-state index contributed by atoms with van der Waals surface area (Å²) < 4.78 is 0. The van der Waals surface area contributed by atoms with Crippen LogP contribution < -0.4 is 0 Å². The fourth-order valence-corrected chi connectivity index (χ4v) is 1.58. The van der Waals surface area contributed by atoms with Crippen LogP contribution in [0, 0.1) is 6.92 Å². The van der Waals surface area contributed by atoms with Gasteiger partial charge in [0.15, 0.2) is 0 Å². The van der Waals surface area contributed by atoms with E-state index in [9.17, 15) is 14.4 Å². The van der Waals surface area contributed by atoms with Gasteiger partial charge in [-0.1, -0.05) is 0 Å². The van der Waals surface area contributed by atoms with E-state index >= 15 is 0 Å². The highest BCUT2D eigenvalue weighted by Gasteiger charge is 2.23. The predicted octanol–water partition coefficient (Wildman–Crippen LogP) is 0.737. The molecule has 7 nitrogen and oxygen atoms in total. The van der Waals surface area contributed by atoms with E-state index < -0.39 is 17.9 Å². The number of aromatic nitrogens is 1. The maximum absolute atomic E-state index is 11.0. The Morgan fingerprint density at radius 2 is 1.71 bits per heavy atom. The zero-order chi connectivity index (χ0) is 13.2. The van der Waals surface area contributed by atoms with Crippen LogP contribution in [0.15, 0.2) is 0 Å². The van der Waals surface area contributed by atoms with Crippen molar-refractivity contribution < 1.29 is 29.7 Å². The molecule has 4 N–H and O–H groups in total. The number of nitrogens with one attached hydrogen (secondary N) is 1. The molecule has 1 rings (SSSR count). The molecule has 1 aromatic rings. The largest absolute Gasteiger partial charge is 0.481 e. The smallest absolute Gasteiger partial charge is 0.352 e. The molecule has 0 spiro atoms. The van der Waals surface area contributed by atoms with Gasteiger partial charge in [0.2, 0.25) is 0 Å². The molecule has 0 radical (unpaired) electrons. The van der Waals surface area contributed by atoms with Gasteiger partial charge in [-0.25, -0.2) is 9.59 Å². The first-order valence-electron chi connectivity index (χ1n) is 4.74. The molecule has 17 heavy (non-hydrogen) atoms. The fraction of sp³-hybridized carbons (Fsp3) is 0.300. The first kappa shape index (κ1) is 12.8. The van der Waals surface area contributed by atoms with Crippen molar-refractivity contribution in [1.82, 2.24) is 4.98 Å². The molecule has 1 heterocycles. The number of carbonyl (C=O) groups is 3. The summed E-state index contributed by atoms with van der Waals surface area (Å²) in [6.07, 6.45) is -0.315. The van der Waals surface area contributed by atoms with Gasteiger partial charge in [-0.05, 0) is 18.9 Å². The lowest BCUT2D eigenvalue weighted by Gasteiger charge is -1.98. The van der Waals surface area contributed by atoms with E-state index in [1.54, 1.807) is 0 Å². The molecule has 1 aromatic heterocycles. The van der Waals surface area contributed by atoms with Crippen molar-refractivity contribution in [3.05, 3.63) is 22.5 Å². The Labute approximate surface area is 95.7 Å².